The molecule has 1 heterocycles. The zero-order valence-electron chi connectivity index (χ0n) is 10.6. The molecule has 0 radical (unpaired) electrons. The Morgan fingerprint density at radius 1 is 1.05 bits per heavy atom. The number of para-hydroxylation sites is 1. The summed E-state index contributed by atoms with van der Waals surface area (Å²) in [7, 11) is 0. The van der Waals surface area contributed by atoms with Crippen LogP contribution in [0.15, 0.2) is 42.6 Å². The Morgan fingerprint density at radius 3 is 2.48 bits per heavy atom. The number of amides is 1. The van der Waals surface area contributed by atoms with Crippen molar-refractivity contribution in [1.29, 1.82) is 0 Å². The number of aromatic nitrogens is 1. The molecule has 0 aliphatic carbocycles. The van der Waals surface area contributed by atoms with E-state index in [1.165, 1.54) is 6.07 Å². The average molecular weight is 290 g/mol. The molecule has 0 saturated heterocycles. The van der Waals surface area contributed by atoms with Gasteiger partial charge in [-0.25, -0.2) is 13.2 Å². The fourth-order valence-electron chi connectivity index (χ4n) is 2.12. The number of hydrogen-bond acceptors (Lipinski definition) is 1. The monoisotopic (exact) mass is 290 g/mol. The SMILES string of the molecule is O=C(Nc1c(F)cc(F)cc1F)c1cccc2cc[nH]c12. The van der Waals surface area contributed by atoms with E-state index in [1.54, 1.807) is 24.4 Å². The van der Waals surface area contributed by atoms with Crippen molar-refractivity contribution in [3.63, 3.8) is 0 Å². The van der Waals surface area contributed by atoms with Crippen molar-refractivity contribution >= 4 is 22.5 Å². The molecule has 0 bridgehead atoms. The van der Waals surface area contributed by atoms with Crippen LogP contribution in [0.25, 0.3) is 10.9 Å². The third kappa shape index (κ3) is 2.35. The molecule has 0 spiro atoms. The van der Waals surface area contributed by atoms with Gasteiger partial charge in [0.15, 0.2) is 11.6 Å². The van der Waals surface area contributed by atoms with Crippen molar-refractivity contribution in [2.45, 2.75) is 0 Å². The van der Waals surface area contributed by atoms with Crippen LogP contribution in [0.4, 0.5) is 18.9 Å². The molecular weight excluding hydrogens is 281 g/mol. The largest absolute Gasteiger partial charge is 0.361 e. The third-order valence-electron chi connectivity index (χ3n) is 3.08. The predicted molar refractivity (Wildman–Crippen MR) is 72.6 cm³/mol. The minimum absolute atomic E-state index is 0.237. The predicted octanol–water partition coefficient (Wildman–Crippen LogP) is 3.84. The van der Waals surface area contributed by atoms with Gasteiger partial charge >= 0.3 is 0 Å². The van der Waals surface area contributed by atoms with Gasteiger partial charge in [-0.1, -0.05) is 12.1 Å². The fraction of sp³-hybridized carbons (Fsp3) is 0. The molecule has 3 aromatic rings. The van der Waals surface area contributed by atoms with Crippen LogP contribution in [0.1, 0.15) is 10.4 Å². The van der Waals surface area contributed by atoms with Crippen molar-refractivity contribution < 1.29 is 18.0 Å². The van der Waals surface area contributed by atoms with Crippen LogP contribution in [0.2, 0.25) is 0 Å². The zero-order valence-corrected chi connectivity index (χ0v) is 10.6. The highest BCUT2D eigenvalue weighted by Gasteiger charge is 2.17. The minimum Gasteiger partial charge on any atom is -0.361 e. The van der Waals surface area contributed by atoms with Crippen LogP contribution in [-0.2, 0) is 0 Å². The van der Waals surface area contributed by atoms with Gasteiger partial charge < -0.3 is 10.3 Å². The summed E-state index contributed by atoms with van der Waals surface area (Å²) in [6, 6.07) is 7.75. The summed E-state index contributed by atoms with van der Waals surface area (Å²) in [4.78, 5) is 15.0. The lowest BCUT2D eigenvalue weighted by atomic mass is 10.1. The highest BCUT2D eigenvalue weighted by molar-refractivity contribution is 6.12. The Balaban J connectivity index is 1.99. The Morgan fingerprint density at radius 2 is 1.76 bits per heavy atom. The average Bonchev–Trinajstić information content (AvgIpc) is 2.90. The van der Waals surface area contributed by atoms with Crippen molar-refractivity contribution in [2.24, 2.45) is 0 Å². The Kier molecular flexibility index (Phi) is 3.13. The molecule has 0 saturated carbocycles. The number of aromatic amines is 1. The molecule has 0 atom stereocenters. The normalized spacial score (nSPS) is 10.8. The van der Waals surface area contributed by atoms with Gasteiger partial charge in [0.05, 0.1) is 11.1 Å². The number of benzene rings is 2. The number of anilines is 1. The number of halogens is 3. The second-order valence-corrected chi connectivity index (χ2v) is 4.45. The number of nitrogens with one attached hydrogen (secondary N) is 2. The number of rotatable bonds is 2. The summed E-state index contributed by atoms with van der Waals surface area (Å²) in [5.74, 6) is -4.07. The standard InChI is InChI=1S/C15H9F3N2O/c16-9-6-11(17)14(12(18)7-9)20-15(21)10-3-1-2-8-4-5-19-13(8)10/h1-7,19H,(H,20,21). The van der Waals surface area contributed by atoms with Crippen LogP contribution >= 0.6 is 0 Å². The van der Waals surface area contributed by atoms with E-state index in [9.17, 15) is 18.0 Å². The maximum atomic E-state index is 13.5. The first-order valence-corrected chi connectivity index (χ1v) is 6.08. The summed E-state index contributed by atoms with van der Waals surface area (Å²) in [5.41, 5.74) is 0.114. The van der Waals surface area contributed by atoms with E-state index in [1.807, 2.05) is 0 Å². The summed E-state index contributed by atoms with van der Waals surface area (Å²) < 4.78 is 39.9. The summed E-state index contributed by atoms with van der Waals surface area (Å²) >= 11 is 0. The smallest absolute Gasteiger partial charge is 0.257 e. The lowest BCUT2D eigenvalue weighted by Gasteiger charge is -2.08. The molecular formula is C15H9F3N2O. The molecule has 2 aromatic carbocycles. The van der Waals surface area contributed by atoms with Crippen LogP contribution in [-0.4, -0.2) is 10.9 Å². The van der Waals surface area contributed by atoms with Gasteiger partial charge in [0.2, 0.25) is 0 Å². The van der Waals surface area contributed by atoms with Crippen molar-refractivity contribution in [3.05, 3.63) is 65.6 Å². The van der Waals surface area contributed by atoms with E-state index in [0.29, 0.717) is 17.6 Å². The van der Waals surface area contributed by atoms with Crippen molar-refractivity contribution in [1.82, 2.24) is 4.98 Å². The van der Waals surface area contributed by atoms with Gasteiger partial charge in [0.25, 0.3) is 5.91 Å². The summed E-state index contributed by atoms with van der Waals surface area (Å²) in [6.07, 6.45) is 1.65. The van der Waals surface area contributed by atoms with E-state index in [2.05, 4.69) is 10.3 Å². The Hall–Kier alpha value is -2.76. The highest BCUT2D eigenvalue weighted by atomic mass is 19.1. The number of carbonyl (C=O) groups is 1. The van der Waals surface area contributed by atoms with Gasteiger partial charge in [0, 0.05) is 23.7 Å². The summed E-state index contributed by atoms with van der Waals surface area (Å²) in [5, 5.41) is 2.92. The topological polar surface area (TPSA) is 44.9 Å². The quantitative estimate of drug-likeness (QED) is 0.740. The molecule has 0 fully saturated rings. The first kappa shape index (κ1) is 13.2. The van der Waals surface area contributed by atoms with Crippen LogP contribution in [0.5, 0.6) is 0 Å². The van der Waals surface area contributed by atoms with Gasteiger partial charge in [-0.2, -0.15) is 0 Å². The second-order valence-electron chi connectivity index (χ2n) is 4.45. The number of fused-ring (bicyclic) bond motifs is 1. The van der Waals surface area contributed by atoms with E-state index in [-0.39, 0.29) is 5.56 Å². The molecule has 1 aromatic heterocycles. The Bertz CT molecular complexity index is 819. The molecule has 0 aliphatic heterocycles. The van der Waals surface area contributed by atoms with E-state index >= 15 is 0 Å². The van der Waals surface area contributed by atoms with Crippen LogP contribution in [0, 0.1) is 17.5 Å². The first-order valence-electron chi connectivity index (χ1n) is 6.08. The summed E-state index contributed by atoms with van der Waals surface area (Å²) in [6.45, 7) is 0. The van der Waals surface area contributed by atoms with Crippen LogP contribution < -0.4 is 5.32 Å². The fourth-order valence-corrected chi connectivity index (χ4v) is 2.12. The maximum Gasteiger partial charge on any atom is 0.257 e. The zero-order chi connectivity index (χ0) is 15.0. The number of hydrogen-bond donors (Lipinski definition) is 2. The molecule has 21 heavy (non-hydrogen) atoms. The minimum atomic E-state index is -1.17. The third-order valence-corrected chi connectivity index (χ3v) is 3.08. The molecule has 3 rings (SSSR count). The maximum absolute atomic E-state index is 13.5. The molecule has 106 valence electrons. The Labute approximate surface area is 117 Å². The molecule has 6 heteroatoms. The lowest BCUT2D eigenvalue weighted by molar-refractivity contribution is 0.102. The van der Waals surface area contributed by atoms with E-state index < -0.39 is 29.0 Å². The highest BCUT2D eigenvalue weighted by Crippen LogP contribution is 2.23. The van der Waals surface area contributed by atoms with Gasteiger partial charge in [-0.15, -0.1) is 0 Å². The first-order chi connectivity index (χ1) is 10.1. The molecule has 0 unspecified atom stereocenters. The molecule has 0 aliphatic rings. The van der Waals surface area contributed by atoms with E-state index in [4.69, 9.17) is 0 Å². The molecule has 1 amide bonds. The molecule has 2 N–H and O–H groups in total. The molecule has 3 nitrogen and oxygen atoms in total. The van der Waals surface area contributed by atoms with Crippen LogP contribution in [0.3, 0.4) is 0 Å². The second kappa shape index (κ2) is 4.97. The van der Waals surface area contributed by atoms with Gasteiger partial charge in [-0.05, 0) is 12.1 Å². The van der Waals surface area contributed by atoms with Crippen molar-refractivity contribution in [2.75, 3.05) is 5.32 Å². The van der Waals surface area contributed by atoms with E-state index in [0.717, 1.165) is 5.39 Å². The van der Waals surface area contributed by atoms with Gasteiger partial charge in [-0.3, -0.25) is 4.79 Å². The van der Waals surface area contributed by atoms with Gasteiger partial charge in [0.1, 0.15) is 11.5 Å². The number of H-pyrrole nitrogens is 1. The number of carbonyl (C=O) groups excluding carboxylic acids is 1. The lowest BCUT2D eigenvalue weighted by Crippen LogP contribution is -2.15. The van der Waals surface area contributed by atoms with Crippen molar-refractivity contribution in [3.8, 4) is 0 Å².